The predicted molar refractivity (Wildman–Crippen MR) is 61.6 cm³/mol. The van der Waals surface area contributed by atoms with E-state index in [-0.39, 0.29) is 11.5 Å². The van der Waals surface area contributed by atoms with Gasteiger partial charge in [-0.05, 0) is 12.1 Å². The van der Waals surface area contributed by atoms with E-state index in [1.165, 1.54) is 12.3 Å². The average Bonchev–Trinajstić information content (AvgIpc) is 2.46. The number of methoxy groups -OCH3 is 1. The van der Waals surface area contributed by atoms with E-state index in [1.54, 1.807) is 12.1 Å². The van der Waals surface area contributed by atoms with Crippen LogP contribution in [0.1, 0.15) is 16.1 Å². The second-order valence-corrected chi connectivity index (χ2v) is 3.66. The smallest absolute Gasteiger partial charge is 0.434 e. The number of nitrogens with zero attached hydrogens (tertiary/aromatic N) is 3. The van der Waals surface area contributed by atoms with E-state index >= 15 is 0 Å². The van der Waals surface area contributed by atoms with Crippen molar-refractivity contribution >= 4 is 5.97 Å². The van der Waals surface area contributed by atoms with Crippen molar-refractivity contribution in [2.75, 3.05) is 7.11 Å². The van der Waals surface area contributed by atoms with Gasteiger partial charge in [-0.25, -0.2) is 14.8 Å². The van der Waals surface area contributed by atoms with E-state index in [2.05, 4.69) is 19.7 Å². The van der Waals surface area contributed by atoms with Crippen LogP contribution in [0.5, 0.6) is 0 Å². The van der Waals surface area contributed by atoms with Crippen molar-refractivity contribution in [2.24, 2.45) is 0 Å². The Morgan fingerprint density at radius 2 is 2.00 bits per heavy atom. The van der Waals surface area contributed by atoms with Crippen molar-refractivity contribution in [3.8, 4) is 11.5 Å². The van der Waals surface area contributed by atoms with Crippen LogP contribution >= 0.6 is 0 Å². The summed E-state index contributed by atoms with van der Waals surface area (Å²) >= 11 is 0. The zero-order valence-corrected chi connectivity index (χ0v) is 10.2. The Morgan fingerprint density at radius 1 is 1.25 bits per heavy atom. The fourth-order valence-electron chi connectivity index (χ4n) is 1.48. The van der Waals surface area contributed by atoms with Gasteiger partial charge in [0.25, 0.3) is 0 Å². The number of ether oxygens (including phenoxy) is 1. The molecule has 0 saturated carbocycles. The molecule has 0 saturated heterocycles. The Balaban J connectivity index is 2.58. The van der Waals surface area contributed by atoms with Gasteiger partial charge in [0, 0.05) is 12.4 Å². The minimum Gasteiger partial charge on any atom is -0.465 e. The molecule has 0 amide bonds. The molecule has 0 spiro atoms. The summed E-state index contributed by atoms with van der Waals surface area (Å²) < 4.78 is 43.1. The lowest BCUT2D eigenvalue weighted by molar-refractivity contribution is -0.141. The normalized spacial score (nSPS) is 11.2. The summed E-state index contributed by atoms with van der Waals surface area (Å²) in [7, 11) is 0.981. The molecule has 0 unspecified atom stereocenters. The first kappa shape index (κ1) is 13.9. The van der Waals surface area contributed by atoms with E-state index in [0.29, 0.717) is 0 Å². The number of carbonyl (C=O) groups is 1. The van der Waals surface area contributed by atoms with E-state index in [9.17, 15) is 18.0 Å². The minimum absolute atomic E-state index is 0.175. The monoisotopic (exact) mass is 283 g/mol. The highest BCUT2D eigenvalue weighted by atomic mass is 19.4. The molecule has 2 aromatic rings. The Kier molecular flexibility index (Phi) is 3.64. The molecule has 2 aromatic heterocycles. The Hall–Kier alpha value is -2.51. The van der Waals surface area contributed by atoms with Crippen LogP contribution in [0.3, 0.4) is 0 Å². The summed E-state index contributed by atoms with van der Waals surface area (Å²) in [5.41, 5.74) is -1.91. The number of rotatable bonds is 2. The highest BCUT2D eigenvalue weighted by Crippen LogP contribution is 2.31. The molecule has 104 valence electrons. The zero-order chi connectivity index (χ0) is 14.8. The van der Waals surface area contributed by atoms with Crippen molar-refractivity contribution < 1.29 is 22.7 Å². The average molecular weight is 283 g/mol. The molecular formula is C12H8F3N3O2. The number of esters is 1. The summed E-state index contributed by atoms with van der Waals surface area (Å²) in [4.78, 5) is 22.3. The number of pyridine rings is 1. The van der Waals surface area contributed by atoms with Crippen LogP contribution in [0.4, 0.5) is 13.2 Å². The first-order chi connectivity index (χ1) is 9.43. The van der Waals surface area contributed by atoms with Gasteiger partial charge < -0.3 is 4.74 Å². The SMILES string of the molecule is COC(=O)c1cnc(-c2ccccn2)nc1C(F)(F)F. The summed E-state index contributed by atoms with van der Waals surface area (Å²) in [5, 5.41) is 0. The minimum atomic E-state index is -4.80. The molecule has 8 heteroatoms. The maximum atomic E-state index is 12.9. The number of halogens is 3. The number of carbonyl (C=O) groups excluding carboxylic acids is 1. The first-order valence-electron chi connectivity index (χ1n) is 5.37. The van der Waals surface area contributed by atoms with Gasteiger partial charge in [-0.3, -0.25) is 4.98 Å². The molecule has 0 aliphatic carbocycles. The predicted octanol–water partition coefficient (Wildman–Crippen LogP) is 2.34. The van der Waals surface area contributed by atoms with Gasteiger partial charge in [-0.1, -0.05) is 6.07 Å². The second kappa shape index (κ2) is 5.24. The van der Waals surface area contributed by atoms with Crippen LogP contribution in [-0.4, -0.2) is 28.0 Å². The van der Waals surface area contributed by atoms with E-state index in [0.717, 1.165) is 13.3 Å². The van der Waals surface area contributed by atoms with E-state index in [4.69, 9.17) is 0 Å². The van der Waals surface area contributed by atoms with Gasteiger partial charge in [0.2, 0.25) is 0 Å². The molecule has 2 heterocycles. The summed E-state index contributed by atoms with van der Waals surface area (Å²) in [6.45, 7) is 0. The molecule has 20 heavy (non-hydrogen) atoms. The van der Waals surface area contributed by atoms with Crippen LogP contribution in [-0.2, 0) is 10.9 Å². The third kappa shape index (κ3) is 2.73. The quantitative estimate of drug-likeness (QED) is 0.791. The van der Waals surface area contributed by atoms with Crippen LogP contribution < -0.4 is 0 Å². The Bertz CT molecular complexity index is 630. The number of aromatic nitrogens is 3. The van der Waals surface area contributed by atoms with Crippen LogP contribution in [0.25, 0.3) is 11.5 Å². The van der Waals surface area contributed by atoms with Crippen LogP contribution in [0, 0.1) is 0 Å². The second-order valence-electron chi connectivity index (χ2n) is 3.66. The number of alkyl halides is 3. The molecule has 0 aliphatic heterocycles. The largest absolute Gasteiger partial charge is 0.465 e. The molecule has 2 rings (SSSR count). The number of hydrogen-bond donors (Lipinski definition) is 0. The summed E-state index contributed by atoms with van der Waals surface area (Å²) in [6, 6.07) is 4.66. The molecule has 5 nitrogen and oxygen atoms in total. The summed E-state index contributed by atoms with van der Waals surface area (Å²) in [6.07, 6.45) is -2.61. The Labute approximate surface area is 111 Å². The van der Waals surface area contributed by atoms with Crippen molar-refractivity contribution in [3.63, 3.8) is 0 Å². The van der Waals surface area contributed by atoms with Crippen molar-refractivity contribution in [1.82, 2.24) is 15.0 Å². The topological polar surface area (TPSA) is 65.0 Å². The molecule has 0 aliphatic rings. The van der Waals surface area contributed by atoms with Gasteiger partial charge in [0.15, 0.2) is 11.5 Å². The fraction of sp³-hybridized carbons (Fsp3) is 0.167. The lowest BCUT2D eigenvalue weighted by atomic mass is 10.2. The molecule has 0 fully saturated rings. The van der Waals surface area contributed by atoms with E-state index in [1.807, 2.05) is 0 Å². The molecular weight excluding hydrogens is 275 g/mol. The molecule has 0 aromatic carbocycles. The summed E-state index contributed by atoms with van der Waals surface area (Å²) in [5.74, 6) is -1.37. The lowest BCUT2D eigenvalue weighted by Crippen LogP contribution is -2.17. The van der Waals surface area contributed by atoms with Crippen LogP contribution in [0.2, 0.25) is 0 Å². The highest BCUT2D eigenvalue weighted by molar-refractivity contribution is 5.90. The van der Waals surface area contributed by atoms with Gasteiger partial charge in [0.1, 0.15) is 11.3 Å². The third-order valence-corrected chi connectivity index (χ3v) is 2.36. The first-order valence-corrected chi connectivity index (χ1v) is 5.37. The van der Waals surface area contributed by atoms with Gasteiger partial charge >= 0.3 is 12.1 Å². The van der Waals surface area contributed by atoms with Gasteiger partial charge in [-0.2, -0.15) is 13.2 Å². The molecule has 0 bridgehead atoms. The third-order valence-electron chi connectivity index (χ3n) is 2.36. The maximum Gasteiger partial charge on any atom is 0.434 e. The number of hydrogen-bond acceptors (Lipinski definition) is 5. The molecule has 0 N–H and O–H groups in total. The van der Waals surface area contributed by atoms with Crippen molar-refractivity contribution in [3.05, 3.63) is 41.9 Å². The zero-order valence-electron chi connectivity index (χ0n) is 10.2. The van der Waals surface area contributed by atoms with Crippen molar-refractivity contribution in [1.29, 1.82) is 0 Å². The van der Waals surface area contributed by atoms with Crippen LogP contribution in [0.15, 0.2) is 30.6 Å². The molecule has 0 radical (unpaired) electrons. The fourth-order valence-corrected chi connectivity index (χ4v) is 1.48. The maximum absolute atomic E-state index is 12.9. The highest BCUT2D eigenvalue weighted by Gasteiger charge is 2.38. The Morgan fingerprint density at radius 3 is 2.55 bits per heavy atom. The lowest BCUT2D eigenvalue weighted by Gasteiger charge is -2.11. The van der Waals surface area contributed by atoms with Crippen molar-refractivity contribution in [2.45, 2.75) is 6.18 Å². The van der Waals surface area contributed by atoms with Gasteiger partial charge in [0.05, 0.1) is 7.11 Å². The van der Waals surface area contributed by atoms with Gasteiger partial charge in [-0.15, -0.1) is 0 Å². The van der Waals surface area contributed by atoms with E-state index < -0.39 is 23.4 Å². The standard InChI is InChI=1S/C12H8F3N3O2/c1-20-11(19)7-6-17-10(8-4-2-3-5-16-8)18-9(7)12(13,14)15/h2-6H,1H3. The molecule has 0 atom stereocenters.